The van der Waals surface area contributed by atoms with Gasteiger partial charge in [-0.15, -0.1) is 0 Å². The van der Waals surface area contributed by atoms with Crippen LogP contribution in [0.5, 0.6) is 0 Å². The van der Waals surface area contributed by atoms with Crippen molar-refractivity contribution in [3.63, 3.8) is 0 Å². The fourth-order valence-electron chi connectivity index (χ4n) is 1.75. The summed E-state index contributed by atoms with van der Waals surface area (Å²) in [6.45, 7) is 6.32. The Labute approximate surface area is 94.0 Å². The van der Waals surface area contributed by atoms with Crippen molar-refractivity contribution in [2.24, 2.45) is 7.05 Å². The Balaban J connectivity index is 2.97. The number of aromatic nitrogens is 3. The smallest absolute Gasteiger partial charge is 0.261 e. The number of pyridine rings is 1. The predicted molar refractivity (Wildman–Crippen MR) is 63.5 cm³/mol. The minimum atomic E-state index is -0.0522. The Bertz CT molecular complexity index is 593. The summed E-state index contributed by atoms with van der Waals surface area (Å²) in [5, 5.41) is 0.581. The lowest BCUT2D eigenvalue weighted by molar-refractivity contribution is 0.585. The van der Waals surface area contributed by atoms with Crippen molar-refractivity contribution in [1.82, 2.24) is 14.5 Å². The molecular weight excluding hydrogens is 202 g/mol. The van der Waals surface area contributed by atoms with E-state index in [1.54, 1.807) is 17.8 Å². The Kier molecular flexibility index (Phi) is 2.30. The van der Waals surface area contributed by atoms with Gasteiger partial charge in [-0.05, 0) is 5.41 Å². The normalized spacial score (nSPS) is 12.0. The van der Waals surface area contributed by atoms with Crippen molar-refractivity contribution in [3.05, 3.63) is 34.6 Å². The molecule has 0 aliphatic carbocycles. The summed E-state index contributed by atoms with van der Waals surface area (Å²) >= 11 is 0. The maximum absolute atomic E-state index is 11.9. The average Bonchev–Trinajstić information content (AvgIpc) is 2.22. The van der Waals surface area contributed by atoms with E-state index in [9.17, 15) is 4.79 Å². The molecule has 84 valence electrons. The molecule has 0 bridgehead atoms. The molecule has 0 amide bonds. The molecule has 4 nitrogen and oxygen atoms in total. The number of aryl methyl sites for hydroxylation is 1. The Morgan fingerprint density at radius 1 is 1.31 bits per heavy atom. The van der Waals surface area contributed by atoms with Gasteiger partial charge >= 0.3 is 0 Å². The SMILES string of the molecule is Cn1cc(C(C)(C)C)c2ncncc2c1=O. The third kappa shape index (κ3) is 1.60. The first-order valence-corrected chi connectivity index (χ1v) is 5.21. The highest BCUT2D eigenvalue weighted by Gasteiger charge is 2.19. The van der Waals surface area contributed by atoms with Gasteiger partial charge in [-0.25, -0.2) is 9.97 Å². The average molecular weight is 217 g/mol. The van der Waals surface area contributed by atoms with Crippen LogP contribution in [0.2, 0.25) is 0 Å². The lowest BCUT2D eigenvalue weighted by Crippen LogP contribution is -2.22. The predicted octanol–water partition coefficient (Wildman–Crippen LogP) is 1.63. The largest absolute Gasteiger partial charge is 0.318 e. The highest BCUT2D eigenvalue weighted by atomic mass is 16.1. The fraction of sp³-hybridized carbons (Fsp3) is 0.417. The van der Waals surface area contributed by atoms with Gasteiger partial charge in [-0.2, -0.15) is 0 Å². The number of hydrogen-bond donors (Lipinski definition) is 0. The van der Waals surface area contributed by atoms with Crippen molar-refractivity contribution in [3.8, 4) is 0 Å². The number of hydrogen-bond acceptors (Lipinski definition) is 3. The van der Waals surface area contributed by atoms with Gasteiger partial charge in [0.1, 0.15) is 6.33 Å². The van der Waals surface area contributed by atoms with E-state index in [0.717, 1.165) is 11.1 Å². The zero-order valence-corrected chi connectivity index (χ0v) is 9.98. The van der Waals surface area contributed by atoms with E-state index < -0.39 is 0 Å². The van der Waals surface area contributed by atoms with Gasteiger partial charge < -0.3 is 4.57 Å². The first-order chi connectivity index (χ1) is 7.41. The summed E-state index contributed by atoms with van der Waals surface area (Å²) in [6.07, 6.45) is 4.93. The zero-order chi connectivity index (χ0) is 11.9. The van der Waals surface area contributed by atoms with Crippen molar-refractivity contribution >= 4 is 10.9 Å². The molecule has 0 spiro atoms. The van der Waals surface area contributed by atoms with Crippen LogP contribution in [0.15, 0.2) is 23.5 Å². The molecule has 0 aromatic carbocycles. The van der Waals surface area contributed by atoms with Crippen LogP contribution < -0.4 is 5.56 Å². The maximum atomic E-state index is 11.9. The fourth-order valence-corrected chi connectivity index (χ4v) is 1.75. The lowest BCUT2D eigenvalue weighted by atomic mass is 9.87. The summed E-state index contributed by atoms with van der Waals surface area (Å²) in [5.41, 5.74) is 1.72. The van der Waals surface area contributed by atoms with Crippen molar-refractivity contribution in [2.75, 3.05) is 0 Å². The number of rotatable bonds is 0. The summed E-state index contributed by atoms with van der Waals surface area (Å²) in [7, 11) is 1.75. The van der Waals surface area contributed by atoms with E-state index in [1.807, 2.05) is 6.20 Å². The standard InChI is InChI=1S/C12H15N3O/c1-12(2,3)9-6-15(4)11(16)8-5-13-7-14-10(8)9/h5-7H,1-4H3. The molecule has 2 aromatic heterocycles. The van der Waals surface area contributed by atoms with Crippen molar-refractivity contribution < 1.29 is 0 Å². The lowest BCUT2D eigenvalue weighted by Gasteiger charge is -2.21. The van der Waals surface area contributed by atoms with E-state index in [2.05, 4.69) is 30.7 Å². The van der Waals surface area contributed by atoms with Gasteiger partial charge in [0.2, 0.25) is 0 Å². The second-order valence-electron chi connectivity index (χ2n) is 4.99. The molecule has 0 unspecified atom stereocenters. The van der Waals surface area contributed by atoms with Crippen LogP contribution in [0.25, 0.3) is 10.9 Å². The maximum Gasteiger partial charge on any atom is 0.261 e. The van der Waals surface area contributed by atoms with Crippen LogP contribution >= 0.6 is 0 Å². The highest BCUT2D eigenvalue weighted by molar-refractivity contribution is 5.80. The van der Waals surface area contributed by atoms with Gasteiger partial charge in [0, 0.05) is 25.0 Å². The molecule has 2 heterocycles. The quantitative estimate of drug-likeness (QED) is 0.673. The van der Waals surface area contributed by atoms with E-state index in [-0.39, 0.29) is 11.0 Å². The molecule has 0 N–H and O–H groups in total. The third-order valence-electron chi connectivity index (χ3n) is 2.65. The molecule has 0 aliphatic rings. The summed E-state index contributed by atoms with van der Waals surface area (Å²) in [4.78, 5) is 20.0. The van der Waals surface area contributed by atoms with Gasteiger partial charge in [0.25, 0.3) is 5.56 Å². The topological polar surface area (TPSA) is 47.8 Å². The minimum absolute atomic E-state index is 0.0436. The summed E-state index contributed by atoms with van der Waals surface area (Å²) < 4.78 is 1.59. The molecule has 0 saturated heterocycles. The van der Waals surface area contributed by atoms with Crippen LogP contribution in [0.1, 0.15) is 26.3 Å². The molecule has 0 atom stereocenters. The van der Waals surface area contributed by atoms with E-state index >= 15 is 0 Å². The monoisotopic (exact) mass is 217 g/mol. The number of fused-ring (bicyclic) bond motifs is 1. The Hall–Kier alpha value is -1.71. The molecule has 0 radical (unpaired) electrons. The molecule has 0 aliphatic heterocycles. The van der Waals surface area contributed by atoms with Gasteiger partial charge in [0.05, 0.1) is 10.9 Å². The molecule has 0 fully saturated rings. The van der Waals surface area contributed by atoms with Gasteiger partial charge in [0.15, 0.2) is 0 Å². The Morgan fingerprint density at radius 2 is 2.00 bits per heavy atom. The third-order valence-corrected chi connectivity index (χ3v) is 2.65. The molecule has 0 saturated carbocycles. The molecule has 4 heteroatoms. The summed E-state index contributed by atoms with van der Waals surface area (Å²) in [5.74, 6) is 0. The van der Waals surface area contributed by atoms with E-state index in [4.69, 9.17) is 0 Å². The van der Waals surface area contributed by atoms with Crippen molar-refractivity contribution in [1.29, 1.82) is 0 Å². The van der Waals surface area contributed by atoms with Crippen LogP contribution in [0, 0.1) is 0 Å². The van der Waals surface area contributed by atoms with Gasteiger partial charge in [-0.1, -0.05) is 20.8 Å². The van der Waals surface area contributed by atoms with Gasteiger partial charge in [-0.3, -0.25) is 4.79 Å². The Morgan fingerprint density at radius 3 is 2.62 bits per heavy atom. The van der Waals surface area contributed by atoms with Crippen molar-refractivity contribution in [2.45, 2.75) is 26.2 Å². The van der Waals surface area contributed by atoms with E-state index in [0.29, 0.717) is 5.39 Å². The summed E-state index contributed by atoms with van der Waals surface area (Å²) in [6, 6.07) is 0. The highest BCUT2D eigenvalue weighted by Crippen LogP contribution is 2.26. The van der Waals surface area contributed by atoms with Crippen LogP contribution in [-0.2, 0) is 12.5 Å². The molecular formula is C12H15N3O. The first kappa shape index (κ1) is 10.8. The second kappa shape index (κ2) is 3.40. The minimum Gasteiger partial charge on any atom is -0.318 e. The molecule has 16 heavy (non-hydrogen) atoms. The molecule has 2 aromatic rings. The molecule has 2 rings (SSSR count). The van der Waals surface area contributed by atoms with Crippen LogP contribution in [-0.4, -0.2) is 14.5 Å². The second-order valence-corrected chi connectivity index (χ2v) is 4.99. The zero-order valence-electron chi connectivity index (χ0n) is 9.98. The van der Waals surface area contributed by atoms with E-state index in [1.165, 1.54) is 6.33 Å². The number of nitrogens with zero attached hydrogens (tertiary/aromatic N) is 3. The van der Waals surface area contributed by atoms with Crippen LogP contribution in [0.4, 0.5) is 0 Å². The van der Waals surface area contributed by atoms with Crippen LogP contribution in [0.3, 0.4) is 0 Å². The first-order valence-electron chi connectivity index (χ1n) is 5.21.